The predicted molar refractivity (Wildman–Crippen MR) is 107 cm³/mol. The van der Waals surface area contributed by atoms with Crippen LogP contribution in [0.1, 0.15) is 30.5 Å². The van der Waals surface area contributed by atoms with E-state index in [1.165, 1.54) is 0 Å². The van der Waals surface area contributed by atoms with E-state index in [0.717, 1.165) is 16.7 Å². The van der Waals surface area contributed by atoms with E-state index in [1.807, 2.05) is 51.1 Å². The van der Waals surface area contributed by atoms with Crippen molar-refractivity contribution in [1.29, 1.82) is 0 Å². The Kier molecular flexibility index (Phi) is 7.51. The molecule has 6 heteroatoms. The first-order valence-corrected chi connectivity index (χ1v) is 9.21. The van der Waals surface area contributed by atoms with E-state index in [4.69, 9.17) is 21.1 Å². The largest absolute Gasteiger partial charge is 0.493 e. The molecule has 5 nitrogen and oxygen atoms in total. The van der Waals surface area contributed by atoms with Gasteiger partial charge in [0.2, 0.25) is 0 Å². The van der Waals surface area contributed by atoms with E-state index in [9.17, 15) is 9.90 Å². The van der Waals surface area contributed by atoms with Gasteiger partial charge in [-0.3, -0.25) is 4.79 Å². The summed E-state index contributed by atoms with van der Waals surface area (Å²) in [5, 5.41) is 12.8. The van der Waals surface area contributed by atoms with Crippen LogP contribution in [0, 0.1) is 12.8 Å². The first kappa shape index (κ1) is 21.1. The third-order valence-electron chi connectivity index (χ3n) is 4.38. The van der Waals surface area contributed by atoms with Gasteiger partial charge in [0, 0.05) is 6.54 Å². The fraction of sp³-hybridized carbons (Fsp3) is 0.381. The molecule has 0 aromatic heterocycles. The van der Waals surface area contributed by atoms with Crippen LogP contribution < -0.4 is 14.8 Å². The average molecular weight is 392 g/mol. The number of methoxy groups -OCH3 is 1. The summed E-state index contributed by atoms with van der Waals surface area (Å²) < 4.78 is 11.3. The Morgan fingerprint density at radius 1 is 1.26 bits per heavy atom. The Balaban J connectivity index is 2.14. The highest BCUT2D eigenvalue weighted by Gasteiger charge is 2.21. The fourth-order valence-corrected chi connectivity index (χ4v) is 3.06. The van der Waals surface area contributed by atoms with Crippen LogP contribution in [0.4, 0.5) is 0 Å². The average Bonchev–Trinajstić information content (AvgIpc) is 2.61. The molecule has 2 aromatic rings. The van der Waals surface area contributed by atoms with Crippen molar-refractivity contribution in [2.45, 2.75) is 40.0 Å². The molecule has 2 rings (SSSR count). The van der Waals surface area contributed by atoms with Gasteiger partial charge in [-0.1, -0.05) is 49.7 Å². The molecule has 0 amide bonds. The van der Waals surface area contributed by atoms with Crippen molar-refractivity contribution in [2.75, 3.05) is 7.11 Å². The maximum absolute atomic E-state index is 11.3. The zero-order valence-corrected chi connectivity index (χ0v) is 16.8. The van der Waals surface area contributed by atoms with Gasteiger partial charge in [0.25, 0.3) is 0 Å². The first-order valence-electron chi connectivity index (χ1n) is 8.83. The number of hydrogen-bond acceptors (Lipinski definition) is 4. The van der Waals surface area contributed by atoms with Crippen molar-refractivity contribution in [3.8, 4) is 11.5 Å². The van der Waals surface area contributed by atoms with Gasteiger partial charge in [-0.15, -0.1) is 0 Å². The van der Waals surface area contributed by atoms with Gasteiger partial charge in [0.05, 0.1) is 12.1 Å². The number of nitrogens with one attached hydrogen (secondary N) is 1. The molecule has 0 saturated carbocycles. The maximum Gasteiger partial charge on any atom is 0.320 e. The van der Waals surface area contributed by atoms with Crippen molar-refractivity contribution in [1.82, 2.24) is 5.32 Å². The highest BCUT2D eigenvalue weighted by atomic mass is 35.5. The summed E-state index contributed by atoms with van der Waals surface area (Å²) >= 11 is 6.41. The number of carboxylic acids is 1. The molecule has 146 valence electrons. The number of halogens is 1. The molecule has 0 saturated heterocycles. The number of hydrogen-bond donors (Lipinski definition) is 2. The first-order chi connectivity index (χ1) is 12.8. The van der Waals surface area contributed by atoms with Gasteiger partial charge in [-0.2, -0.15) is 0 Å². The summed E-state index contributed by atoms with van der Waals surface area (Å²) in [5.41, 5.74) is 3.04. The highest BCUT2D eigenvalue weighted by Crippen LogP contribution is 2.37. The number of benzene rings is 2. The minimum atomic E-state index is -0.874. The molecule has 2 aromatic carbocycles. The molecule has 27 heavy (non-hydrogen) atoms. The quantitative estimate of drug-likeness (QED) is 0.661. The molecular formula is C21H26ClNO4. The number of aliphatic carboxylic acids is 1. The second-order valence-electron chi connectivity index (χ2n) is 6.77. The topological polar surface area (TPSA) is 67.8 Å². The number of aryl methyl sites for hydroxylation is 1. The van der Waals surface area contributed by atoms with E-state index in [1.54, 1.807) is 13.2 Å². The van der Waals surface area contributed by atoms with Gasteiger partial charge in [-0.05, 0) is 41.7 Å². The molecule has 0 aliphatic carbocycles. The van der Waals surface area contributed by atoms with Crippen molar-refractivity contribution in [3.63, 3.8) is 0 Å². The van der Waals surface area contributed by atoms with E-state index in [-0.39, 0.29) is 5.92 Å². The molecule has 0 aliphatic heterocycles. The zero-order valence-electron chi connectivity index (χ0n) is 16.1. The van der Waals surface area contributed by atoms with Gasteiger partial charge in [0.1, 0.15) is 12.6 Å². The molecule has 2 N–H and O–H groups in total. The predicted octanol–water partition coefficient (Wildman–Crippen LogP) is 4.43. The highest BCUT2D eigenvalue weighted by molar-refractivity contribution is 6.32. The lowest BCUT2D eigenvalue weighted by Crippen LogP contribution is -2.40. The number of carbonyl (C=O) groups is 1. The molecule has 0 radical (unpaired) electrons. The van der Waals surface area contributed by atoms with E-state index in [0.29, 0.717) is 29.7 Å². The van der Waals surface area contributed by atoms with E-state index >= 15 is 0 Å². The molecule has 0 bridgehead atoms. The monoisotopic (exact) mass is 391 g/mol. The summed E-state index contributed by atoms with van der Waals surface area (Å²) in [6, 6.07) is 10.9. The molecule has 1 atom stereocenters. The lowest BCUT2D eigenvalue weighted by Gasteiger charge is -2.19. The van der Waals surface area contributed by atoms with Crippen molar-refractivity contribution in [3.05, 3.63) is 58.1 Å². The third kappa shape index (κ3) is 5.62. The zero-order chi connectivity index (χ0) is 20.0. The van der Waals surface area contributed by atoms with Crippen LogP contribution in [0.15, 0.2) is 36.4 Å². The molecule has 1 unspecified atom stereocenters. The van der Waals surface area contributed by atoms with Crippen molar-refractivity contribution < 1.29 is 19.4 Å². The fourth-order valence-electron chi connectivity index (χ4n) is 2.77. The van der Waals surface area contributed by atoms with Gasteiger partial charge >= 0.3 is 5.97 Å². The van der Waals surface area contributed by atoms with Crippen LogP contribution >= 0.6 is 11.6 Å². The summed E-state index contributed by atoms with van der Waals surface area (Å²) in [6.45, 7) is 6.50. The number of carboxylic acid groups (broad SMARTS) is 1. The molecule has 0 fully saturated rings. The van der Waals surface area contributed by atoms with E-state index in [2.05, 4.69) is 5.32 Å². The summed E-state index contributed by atoms with van der Waals surface area (Å²) in [5.74, 6) is 0.0898. The van der Waals surface area contributed by atoms with Gasteiger partial charge in [-0.25, -0.2) is 0 Å². The SMILES string of the molecule is COc1cc(CNC(C(=O)O)C(C)C)cc(Cl)c1OCc1ccccc1C. The van der Waals surface area contributed by atoms with Crippen LogP contribution in [0.3, 0.4) is 0 Å². The Labute approximate surface area is 165 Å². The summed E-state index contributed by atoms with van der Waals surface area (Å²) in [6.07, 6.45) is 0. The van der Waals surface area contributed by atoms with Crippen LogP contribution in [-0.2, 0) is 17.9 Å². The van der Waals surface area contributed by atoms with Gasteiger partial charge < -0.3 is 19.9 Å². The van der Waals surface area contributed by atoms with Crippen LogP contribution in [0.5, 0.6) is 11.5 Å². The van der Waals surface area contributed by atoms with Crippen molar-refractivity contribution in [2.24, 2.45) is 5.92 Å². The summed E-state index contributed by atoms with van der Waals surface area (Å²) in [4.78, 5) is 11.3. The normalized spacial score (nSPS) is 12.1. The standard InChI is InChI=1S/C21H26ClNO4/c1-13(2)19(21(24)25)23-11-15-9-17(22)20(18(10-15)26-4)27-12-16-8-6-5-7-14(16)3/h5-10,13,19,23H,11-12H2,1-4H3,(H,24,25). The second-order valence-corrected chi connectivity index (χ2v) is 7.17. The Morgan fingerprint density at radius 3 is 2.56 bits per heavy atom. The van der Waals surface area contributed by atoms with Crippen LogP contribution in [0.2, 0.25) is 5.02 Å². The van der Waals surface area contributed by atoms with Gasteiger partial charge in [0.15, 0.2) is 11.5 Å². The molecule has 0 aliphatic rings. The molecule has 0 heterocycles. The maximum atomic E-state index is 11.3. The van der Waals surface area contributed by atoms with Crippen LogP contribution in [0.25, 0.3) is 0 Å². The second kappa shape index (κ2) is 9.62. The lowest BCUT2D eigenvalue weighted by atomic mass is 10.0. The minimum absolute atomic E-state index is 0.0309. The number of rotatable bonds is 9. The third-order valence-corrected chi connectivity index (χ3v) is 4.66. The lowest BCUT2D eigenvalue weighted by molar-refractivity contribution is -0.140. The Hall–Kier alpha value is -2.24. The van der Waals surface area contributed by atoms with Crippen LogP contribution in [-0.4, -0.2) is 24.2 Å². The molecule has 0 spiro atoms. The number of ether oxygens (including phenoxy) is 2. The smallest absolute Gasteiger partial charge is 0.320 e. The Morgan fingerprint density at radius 2 is 1.96 bits per heavy atom. The Bertz CT molecular complexity index is 792. The van der Waals surface area contributed by atoms with E-state index < -0.39 is 12.0 Å². The summed E-state index contributed by atoms with van der Waals surface area (Å²) in [7, 11) is 1.55. The minimum Gasteiger partial charge on any atom is -0.493 e. The molecular weight excluding hydrogens is 366 g/mol. The van der Waals surface area contributed by atoms with Crippen molar-refractivity contribution >= 4 is 17.6 Å².